The van der Waals surface area contributed by atoms with E-state index in [2.05, 4.69) is 212 Å². The van der Waals surface area contributed by atoms with Crippen molar-refractivity contribution in [3.05, 3.63) is 162 Å². The van der Waals surface area contributed by atoms with E-state index in [1.807, 2.05) is 6.07 Å². The molecule has 58 heavy (non-hydrogen) atoms. The maximum atomic E-state index is 6.47. The molecule has 0 saturated heterocycles. The summed E-state index contributed by atoms with van der Waals surface area (Å²) in [5.74, 6) is 0. The van der Waals surface area contributed by atoms with Crippen molar-refractivity contribution in [2.45, 2.75) is 78.6 Å². The third kappa shape index (κ3) is 5.71. The monoisotopic (exact) mass is 754 g/mol. The van der Waals surface area contributed by atoms with Gasteiger partial charge in [-0.1, -0.05) is 153 Å². The normalized spacial score (nSPS) is 13.8. The molecule has 10 rings (SSSR count). The molecule has 3 heterocycles. The van der Waals surface area contributed by atoms with Gasteiger partial charge in [0, 0.05) is 50.5 Å². The molecule has 0 radical (unpaired) electrons. The first-order chi connectivity index (χ1) is 27.7. The maximum absolute atomic E-state index is 6.47. The summed E-state index contributed by atoms with van der Waals surface area (Å²) < 4.78 is 6.47. The standard InChI is InChI=1S/C54H51BN2O/c1-52(2,3)35-22-28-39(29-23-35)57-46-31-25-37(54(7,8)9)33-44(46)55-43-32-36(53(4,5)6)24-30-45(43)56(47-17-13-18-48(57)50(47)55)38-26-20-34(21-27-38)40-15-12-16-42-41-14-10-11-19-49(41)58-51(40)42/h10-33H,1-9H3. The smallest absolute Gasteiger partial charge is 0.252 e. The van der Waals surface area contributed by atoms with Crippen molar-refractivity contribution in [2.75, 3.05) is 9.80 Å². The lowest BCUT2D eigenvalue weighted by Crippen LogP contribution is -2.61. The predicted octanol–water partition coefficient (Wildman–Crippen LogP) is 13.2. The molecule has 0 amide bonds. The summed E-state index contributed by atoms with van der Waals surface area (Å²) in [7, 11) is 0. The number of hydrogen-bond donors (Lipinski definition) is 0. The van der Waals surface area contributed by atoms with Crippen molar-refractivity contribution in [1.82, 2.24) is 0 Å². The molecule has 0 aliphatic carbocycles. The Kier molecular flexibility index (Phi) is 7.99. The van der Waals surface area contributed by atoms with E-state index in [9.17, 15) is 0 Å². The van der Waals surface area contributed by atoms with Crippen LogP contribution in [0.25, 0.3) is 33.1 Å². The molecule has 7 aromatic carbocycles. The highest BCUT2D eigenvalue weighted by atomic mass is 16.3. The number of benzene rings is 7. The zero-order chi connectivity index (χ0) is 40.3. The van der Waals surface area contributed by atoms with Gasteiger partial charge in [0.1, 0.15) is 11.2 Å². The molecule has 2 aliphatic heterocycles. The molecule has 8 aromatic rings. The highest BCUT2D eigenvalue weighted by Gasteiger charge is 2.44. The average Bonchev–Trinajstić information content (AvgIpc) is 3.59. The topological polar surface area (TPSA) is 19.6 Å². The molecule has 0 atom stereocenters. The molecule has 4 heteroatoms. The first-order valence-electron chi connectivity index (χ1n) is 20.8. The van der Waals surface area contributed by atoms with E-state index in [-0.39, 0.29) is 23.0 Å². The fraction of sp³-hybridized carbons (Fsp3) is 0.222. The Morgan fingerprint density at radius 1 is 0.431 bits per heavy atom. The van der Waals surface area contributed by atoms with Crippen LogP contribution in [0.2, 0.25) is 0 Å². The number of rotatable bonds is 3. The highest BCUT2D eigenvalue weighted by molar-refractivity contribution is 7.00. The molecule has 0 unspecified atom stereocenters. The van der Waals surface area contributed by atoms with Gasteiger partial charge in [0.15, 0.2) is 0 Å². The van der Waals surface area contributed by atoms with Crippen LogP contribution in [0.15, 0.2) is 150 Å². The van der Waals surface area contributed by atoms with Gasteiger partial charge in [-0.3, -0.25) is 0 Å². The van der Waals surface area contributed by atoms with Crippen molar-refractivity contribution in [1.29, 1.82) is 0 Å². The Labute approximate surface area is 344 Å². The predicted molar refractivity (Wildman–Crippen MR) is 249 cm³/mol. The zero-order valence-electron chi connectivity index (χ0n) is 35.2. The van der Waals surface area contributed by atoms with E-state index in [0.29, 0.717) is 0 Å². The van der Waals surface area contributed by atoms with Crippen LogP contribution in [0.1, 0.15) is 79.0 Å². The van der Waals surface area contributed by atoms with Crippen LogP contribution in [0, 0.1) is 0 Å². The molecule has 2 aliphatic rings. The fourth-order valence-electron chi connectivity index (χ4n) is 9.31. The Morgan fingerprint density at radius 3 is 1.47 bits per heavy atom. The summed E-state index contributed by atoms with van der Waals surface area (Å²) >= 11 is 0. The molecular weight excluding hydrogens is 703 g/mol. The van der Waals surface area contributed by atoms with Crippen LogP contribution in [-0.4, -0.2) is 6.71 Å². The molecule has 0 saturated carbocycles. The largest absolute Gasteiger partial charge is 0.455 e. The number of furan rings is 1. The minimum absolute atomic E-state index is 0.000745. The van der Waals surface area contributed by atoms with Gasteiger partial charge in [-0.05, 0) is 109 Å². The molecule has 0 spiro atoms. The summed E-state index contributed by atoms with van der Waals surface area (Å²) in [5.41, 5.74) is 19.4. The molecular formula is C54H51BN2O. The summed E-state index contributed by atoms with van der Waals surface area (Å²) in [5, 5.41) is 2.29. The van der Waals surface area contributed by atoms with Crippen molar-refractivity contribution < 1.29 is 4.42 Å². The minimum Gasteiger partial charge on any atom is -0.455 e. The Hall–Kier alpha value is -6.00. The summed E-state index contributed by atoms with van der Waals surface area (Å²) in [6.07, 6.45) is 0. The van der Waals surface area contributed by atoms with Crippen molar-refractivity contribution in [3.8, 4) is 11.1 Å². The number of hydrogen-bond acceptors (Lipinski definition) is 3. The van der Waals surface area contributed by atoms with E-state index in [0.717, 1.165) is 38.8 Å². The average molecular weight is 755 g/mol. The molecule has 0 bridgehead atoms. The molecule has 1 aromatic heterocycles. The summed E-state index contributed by atoms with van der Waals surface area (Å²) in [6.45, 7) is 20.9. The second-order valence-electron chi connectivity index (χ2n) is 19.5. The third-order valence-corrected chi connectivity index (χ3v) is 12.6. The molecule has 0 fully saturated rings. The van der Waals surface area contributed by atoms with Gasteiger partial charge in [-0.2, -0.15) is 0 Å². The van der Waals surface area contributed by atoms with Crippen molar-refractivity contribution >= 4 is 79.2 Å². The fourth-order valence-corrected chi connectivity index (χ4v) is 9.31. The van der Waals surface area contributed by atoms with E-state index >= 15 is 0 Å². The Balaban J connectivity index is 1.19. The lowest BCUT2D eigenvalue weighted by Gasteiger charge is -2.45. The van der Waals surface area contributed by atoms with E-state index in [1.54, 1.807) is 0 Å². The van der Waals surface area contributed by atoms with Crippen molar-refractivity contribution in [3.63, 3.8) is 0 Å². The van der Waals surface area contributed by atoms with Crippen LogP contribution in [0.3, 0.4) is 0 Å². The van der Waals surface area contributed by atoms with E-state index < -0.39 is 0 Å². The number of para-hydroxylation sites is 2. The van der Waals surface area contributed by atoms with Gasteiger partial charge in [-0.25, -0.2) is 0 Å². The van der Waals surface area contributed by atoms with Crippen LogP contribution in [-0.2, 0) is 16.2 Å². The van der Waals surface area contributed by atoms with Gasteiger partial charge in [0.2, 0.25) is 0 Å². The van der Waals surface area contributed by atoms with Gasteiger partial charge >= 0.3 is 0 Å². The highest BCUT2D eigenvalue weighted by Crippen LogP contribution is 2.46. The van der Waals surface area contributed by atoms with Crippen LogP contribution < -0.4 is 26.2 Å². The molecule has 3 nitrogen and oxygen atoms in total. The Bertz CT molecular complexity index is 2900. The van der Waals surface area contributed by atoms with Crippen LogP contribution >= 0.6 is 0 Å². The lowest BCUT2D eigenvalue weighted by molar-refractivity contribution is 0.590. The second-order valence-corrected chi connectivity index (χ2v) is 19.5. The van der Waals surface area contributed by atoms with E-state index in [4.69, 9.17) is 4.42 Å². The van der Waals surface area contributed by atoms with Crippen LogP contribution in [0.4, 0.5) is 34.1 Å². The SMILES string of the molecule is CC(C)(C)c1ccc(N2c3ccc(C(C)(C)C)cc3B3c4cc(C(C)(C)C)ccc4N(c4ccc(-c5cccc6c5oc5ccccc56)cc4)c4cccc2c43)cc1. The lowest BCUT2D eigenvalue weighted by atomic mass is 9.33. The molecule has 286 valence electrons. The number of fused-ring (bicyclic) bond motifs is 7. The van der Waals surface area contributed by atoms with Gasteiger partial charge in [0.25, 0.3) is 6.71 Å². The first kappa shape index (κ1) is 36.4. The van der Waals surface area contributed by atoms with Gasteiger partial charge in [0.05, 0.1) is 0 Å². The van der Waals surface area contributed by atoms with E-state index in [1.165, 1.54) is 61.5 Å². The summed E-state index contributed by atoms with van der Waals surface area (Å²) in [6, 6.07) is 54.5. The third-order valence-electron chi connectivity index (χ3n) is 12.6. The first-order valence-corrected chi connectivity index (χ1v) is 20.8. The maximum Gasteiger partial charge on any atom is 0.252 e. The Morgan fingerprint density at radius 2 is 0.914 bits per heavy atom. The van der Waals surface area contributed by atoms with Crippen molar-refractivity contribution in [2.24, 2.45) is 0 Å². The second kappa shape index (κ2) is 12.8. The number of nitrogens with zero attached hydrogens (tertiary/aromatic N) is 2. The number of anilines is 6. The molecule has 0 N–H and O–H groups in total. The van der Waals surface area contributed by atoms with Crippen LogP contribution in [0.5, 0.6) is 0 Å². The zero-order valence-corrected chi connectivity index (χ0v) is 35.2. The quantitative estimate of drug-likeness (QED) is 0.168. The van der Waals surface area contributed by atoms with Gasteiger partial charge in [-0.15, -0.1) is 0 Å². The minimum atomic E-state index is -0.00936. The van der Waals surface area contributed by atoms with Gasteiger partial charge < -0.3 is 14.2 Å². The summed E-state index contributed by atoms with van der Waals surface area (Å²) in [4.78, 5) is 5.01.